The summed E-state index contributed by atoms with van der Waals surface area (Å²) in [6.07, 6.45) is -31.3. The molecule has 0 radical (unpaired) electrons. The average molecular weight is 588 g/mol. The van der Waals surface area contributed by atoms with Gasteiger partial charge in [-0.3, -0.25) is 0 Å². The SMILES string of the molecule is C=C(CC1CC(C(OCOC)(C(F)(F)F)C(F)(F)F)CC(C(OCOC)(C(F)(F)F)C(F)(F)F)C1)C(=O)O. The monoisotopic (exact) mass is 588 g/mol. The van der Waals surface area contributed by atoms with Crippen LogP contribution in [0.15, 0.2) is 12.2 Å². The van der Waals surface area contributed by atoms with E-state index in [2.05, 4.69) is 25.5 Å². The molecular weight excluding hydrogens is 564 g/mol. The lowest BCUT2D eigenvalue weighted by atomic mass is 9.62. The van der Waals surface area contributed by atoms with E-state index in [0.29, 0.717) is 14.2 Å². The van der Waals surface area contributed by atoms with E-state index in [0.717, 1.165) is 0 Å². The van der Waals surface area contributed by atoms with E-state index in [1.807, 2.05) is 0 Å². The molecule has 0 bridgehead atoms. The zero-order valence-electron chi connectivity index (χ0n) is 19.7. The topological polar surface area (TPSA) is 74.2 Å². The van der Waals surface area contributed by atoms with E-state index in [-0.39, 0.29) is 0 Å². The summed E-state index contributed by atoms with van der Waals surface area (Å²) in [6.45, 7) is -0.342. The number of carbonyl (C=O) groups is 1. The quantitative estimate of drug-likeness (QED) is 0.181. The van der Waals surface area contributed by atoms with Crippen LogP contribution < -0.4 is 0 Å². The third-order valence-electron chi connectivity index (χ3n) is 6.29. The second-order valence-electron chi connectivity index (χ2n) is 8.64. The molecule has 1 aliphatic carbocycles. The molecule has 224 valence electrons. The second-order valence-corrected chi connectivity index (χ2v) is 8.64. The molecule has 2 atom stereocenters. The van der Waals surface area contributed by atoms with Crippen molar-refractivity contribution in [3.05, 3.63) is 12.2 Å². The molecule has 1 N–H and O–H groups in total. The van der Waals surface area contributed by atoms with Crippen LogP contribution in [-0.4, -0.2) is 74.8 Å². The van der Waals surface area contributed by atoms with E-state index in [9.17, 15) is 57.5 Å². The number of hydrogen-bond acceptors (Lipinski definition) is 5. The first kappa shape index (κ1) is 34.2. The number of alkyl halides is 12. The molecule has 0 heterocycles. The predicted octanol–water partition coefficient (Wildman–Crippen LogP) is 6.02. The molecule has 0 saturated heterocycles. The highest BCUT2D eigenvalue weighted by molar-refractivity contribution is 5.85. The van der Waals surface area contributed by atoms with Crippen LogP contribution in [0.1, 0.15) is 25.7 Å². The number of methoxy groups -OCH3 is 2. The molecule has 18 heteroatoms. The first-order valence-electron chi connectivity index (χ1n) is 10.5. The molecule has 1 rings (SSSR count). The Labute approximate surface area is 207 Å². The van der Waals surface area contributed by atoms with Crippen molar-refractivity contribution in [2.45, 2.75) is 61.6 Å². The molecule has 0 aromatic carbocycles. The third-order valence-corrected chi connectivity index (χ3v) is 6.29. The standard InChI is InChI=1S/C20H24F12O6/c1-10(14(33)34)4-11-5-12(15(17(21,22)23,18(24,25)26)37-8-35-2)7-13(6-11)16(19(27,28)29,20(30,31)32)38-9-36-3/h11-13H,1,4-9H2,2-3H3,(H,33,34). The highest BCUT2D eigenvalue weighted by atomic mass is 19.4. The number of halogens is 12. The van der Waals surface area contributed by atoms with Crippen molar-refractivity contribution < 1.29 is 81.5 Å². The number of carboxylic acids is 1. The Morgan fingerprint density at radius 3 is 1.26 bits per heavy atom. The van der Waals surface area contributed by atoms with E-state index in [1.165, 1.54) is 0 Å². The minimum atomic E-state index is -6.41. The molecule has 1 saturated carbocycles. The van der Waals surface area contributed by atoms with Crippen LogP contribution in [-0.2, 0) is 23.7 Å². The maximum atomic E-state index is 14.1. The molecule has 0 aliphatic heterocycles. The van der Waals surface area contributed by atoms with E-state index in [4.69, 9.17) is 5.11 Å². The van der Waals surface area contributed by atoms with Crippen molar-refractivity contribution in [3.63, 3.8) is 0 Å². The fraction of sp³-hybridized carbons (Fsp3) is 0.850. The Bertz CT molecular complexity index is 737. The van der Waals surface area contributed by atoms with Crippen LogP contribution in [0.3, 0.4) is 0 Å². The van der Waals surface area contributed by atoms with Crippen molar-refractivity contribution in [1.29, 1.82) is 0 Å². The van der Waals surface area contributed by atoms with Crippen LogP contribution in [0.4, 0.5) is 52.7 Å². The first-order chi connectivity index (χ1) is 17.0. The molecule has 0 amide bonds. The number of hydrogen-bond donors (Lipinski definition) is 1. The molecule has 1 aliphatic rings. The lowest BCUT2D eigenvalue weighted by Gasteiger charge is -2.51. The van der Waals surface area contributed by atoms with Crippen molar-refractivity contribution >= 4 is 5.97 Å². The van der Waals surface area contributed by atoms with Gasteiger partial charge in [0.05, 0.1) is 0 Å². The lowest BCUT2D eigenvalue weighted by molar-refractivity contribution is -0.427. The minimum absolute atomic E-state index is 0.637. The summed E-state index contributed by atoms with van der Waals surface area (Å²) in [5, 5.41) is 9.01. The zero-order valence-corrected chi connectivity index (χ0v) is 19.7. The van der Waals surface area contributed by atoms with Crippen LogP contribution in [0, 0.1) is 17.8 Å². The minimum Gasteiger partial charge on any atom is -0.478 e. The van der Waals surface area contributed by atoms with Gasteiger partial charge >= 0.3 is 30.7 Å². The molecule has 0 spiro atoms. The predicted molar refractivity (Wildman–Crippen MR) is 101 cm³/mol. The fourth-order valence-electron chi connectivity index (χ4n) is 4.82. The third kappa shape index (κ3) is 6.50. The Balaban J connectivity index is 3.95. The maximum absolute atomic E-state index is 14.1. The van der Waals surface area contributed by atoms with Gasteiger partial charge in [-0.2, -0.15) is 52.7 Å². The molecule has 0 aromatic heterocycles. The van der Waals surface area contributed by atoms with E-state index in [1.54, 1.807) is 0 Å². The van der Waals surface area contributed by atoms with Crippen molar-refractivity contribution in [2.75, 3.05) is 27.8 Å². The van der Waals surface area contributed by atoms with Crippen molar-refractivity contribution in [3.8, 4) is 0 Å². The highest BCUT2D eigenvalue weighted by Crippen LogP contribution is 2.61. The first-order valence-corrected chi connectivity index (χ1v) is 10.5. The van der Waals surface area contributed by atoms with Gasteiger partial charge in [-0.1, -0.05) is 6.58 Å². The number of carboxylic acid groups (broad SMARTS) is 1. The largest absolute Gasteiger partial charge is 0.478 e. The summed E-state index contributed by atoms with van der Waals surface area (Å²) in [4.78, 5) is 11.1. The summed E-state index contributed by atoms with van der Waals surface area (Å²) in [7, 11) is 1.27. The van der Waals surface area contributed by atoms with E-state index >= 15 is 0 Å². The Morgan fingerprint density at radius 1 is 0.711 bits per heavy atom. The average Bonchev–Trinajstić information content (AvgIpc) is 2.70. The van der Waals surface area contributed by atoms with Crippen molar-refractivity contribution in [2.24, 2.45) is 17.8 Å². The van der Waals surface area contributed by atoms with Gasteiger partial charge in [0.2, 0.25) is 0 Å². The van der Waals surface area contributed by atoms with Gasteiger partial charge in [0, 0.05) is 31.6 Å². The normalized spacial score (nSPS) is 22.4. The molecule has 0 aromatic rings. The molecule has 38 heavy (non-hydrogen) atoms. The van der Waals surface area contributed by atoms with Gasteiger partial charge in [-0.15, -0.1) is 0 Å². The smallest absolute Gasteiger partial charge is 0.426 e. The van der Waals surface area contributed by atoms with Gasteiger partial charge < -0.3 is 24.1 Å². The Hall–Kier alpha value is -1.79. The summed E-state index contributed by atoms with van der Waals surface area (Å²) in [5.74, 6) is -9.91. The zero-order chi connectivity index (χ0) is 30.0. The lowest BCUT2D eigenvalue weighted by Crippen LogP contribution is -2.68. The van der Waals surface area contributed by atoms with Crippen LogP contribution >= 0.6 is 0 Å². The number of rotatable bonds is 11. The van der Waals surface area contributed by atoms with Crippen LogP contribution in [0.5, 0.6) is 0 Å². The Morgan fingerprint density at radius 2 is 1.03 bits per heavy atom. The van der Waals surface area contributed by atoms with Crippen molar-refractivity contribution in [1.82, 2.24) is 0 Å². The summed E-state index contributed by atoms with van der Waals surface area (Å²) < 4.78 is 185. The van der Waals surface area contributed by atoms with Gasteiger partial charge in [-0.25, -0.2) is 4.79 Å². The highest BCUT2D eigenvalue weighted by Gasteiger charge is 2.80. The fourth-order valence-corrected chi connectivity index (χ4v) is 4.82. The maximum Gasteiger partial charge on any atom is 0.426 e. The molecule has 2 unspecified atom stereocenters. The van der Waals surface area contributed by atoms with Gasteiger partial charge in [-0.05, 0) is 31.6 Å². The van der Waals surface area contributed by atoms with E-state index < -0.39 is 104 Å². The molecule has 1 fully saturated rings. The number of aliphatic carboxylic acids is 1. The number of ether oxygens (including phenoxy) is 4. The molecule has 6 nitrogen and oxygen atoms in total. The second kappa shape index (κ2) is 11.8. The van der Waals surface area contributed by atoms with Crippen LogP contribution in [0.25, 0.3) is 0 Å². The van der Waals surface area contributed by atoms with Gasteiger partial charge in [0.1, 0.15) is 13.6 Å². The van der Waals surface area contributed by atoms with Gasteiger partial charge in [0.25, 0.3) is 11.2 Å². The summed E-state index contributed by atoms with van der Waals surface area (Å²) in [5.41, 5.74) is -11.4. The van der Waals surface area contributed by atoms with Gasteiger partial charge in [0.15, 0.2) is 0 Å². The Kier molecular flexibility index (Phi) is 10.6. The summed E-state index contributed by atoms with van der Waals surface area (Å²) in [6, 6.07) is 0. The molecular formula is C20H24F12O6. The van der Waals surface area contributed by atoms with Crippen LogP contribution in [0.2, 0.25) is 0 Å². The summed E-state index contributed by atoms with van der Waals surface area (Å²) >= 11 is 0.